The molecule has 0 fully saturated rings. The van der Waals surface area contributed by atoms with Crippen molar-refractivity contribution < 1.29 is 115 Å². The van der Waals surface area contributed by atoms with Crippen LogP contribution in [0, 0.1) is 0 Å². The fraction of sp³-hybridized carbons (Fsp3) is 0.277. The lowest BCUT2D eigenvalue weighted by Crippen LogP contribution is -2.75. The van der Waals surface area contributed by atoms with Crippen molar-refractivity contribution in [3.05, 3.63) is 172 Å². The van der Waals surface area contributed by atoms with Gasteiger partial charge in [-0.15, -0.1) is 0 Å². The van der Waals surface area contributed by atoms with E-state index in [-0.39, 0.29) is 5.60 Å². The quantitative estimate of drug-likeness (QED) is 0.0905. The molecule has 3 nitrogen and oxygen atoms in total. The fourth-order valence-electron chi connectivity index (χ4n) is 7.74. The lowest BCUT2D eigenvalue weighted by atomic mass is 9.12. The van der Waals surface area contributed by atoms with Gasteiger partial charge in [0.1, 0.15) is 11.7 Å². The predicted molar refractivity (Wildman–Crippen MR) is 220 cm³/mol. The molecule has 0 N–H and O–H groups in total. The number of halogens is 24. The summed E-state index contributed by atoms with van der Waals surface area (Å²) in [5.41, 5.74) is -29.2. The Balaban J connectivity index is 0.000000483. The number of rotatable bonds is 7. The van der Waals surface area contributed by atoms with Crippen molar-refractivity contribution >= 4 is 28.0 Å². The van der Waals surface area contributed by atoms with Gasteiger partial charge in [0.25, 0.3) is 5.88 Å². The van der Waals surface area contributed by atoms with Crippen LogP contribution in [0.2, 0.25) is 0 Å². The molecule has 0 aliphatic carbocycles. The van der Waals surface area contributed by atoms with Crippen molar-refractivity contribution in [1.29, 1.82) is 0 Å². The van der Waals surface area contributed by atoms with Crippen LogP contribution in [0.3, 0.4) is 0 Å². The standard InChI is InChI=1S/C32H12BF24.C15H19N2O/c34-25(35,36)13-1-14(26(37,38)39)6-21(5-13)33(22-7-15(27(40,41)42)2-16(8-22)28(43,44)45,23-9-17(29(46,47)48)3-18(10-23)30(49,50)51)24-11-19(31(52,53)54)4-20(12-24)32(55,56)57;1-15(2,3)18-14-12-17(10-9-16-14)11-13-7-5-4-6-8-13/h1-12H;4-10,12H,11H2,1-3H3/q-1;+1. The minimum absolute atomic E-state index is 0.223. The van der Waals surface area contributed by atoms with E-state index in [1.165, 1.54) is 5.56 Å². The Morgan fingerprint density at radius 2 is 0.640 bits per heavy atom. The van der Waals surface area contributed by atoms with Gasteiger partial charge in [-0.25, -0.2) is 4.98 Å². The fourth-order valence-corrected chi connectivity index (χ4v) is 7.74. The number of nitrogens with zero attached hydrogens (tertiary/aromatic N) is 2. The second kappa shape index (κ2) is 20.1. The molecule has 1 aromatic heterocycles. The summed E-state index contributed by atoms with van der Waals surface area (Å²) in [7, 11) is 0. The molecule has 6 rings (SSSR count). The van der Waals surface area contributed by atoms with Gasteiger partial charge in [-0.3, -0.25) is 0 Å². The van der Waals surface area contributed by atoms with Crippen molar-refractivity contribution in [3.8, 4) is 5.88 Å². The van der Waals surface area contributed by atoms with E-state index in [0.717, 1.165) is 6.54 Å². The first kappa shape index (κ1) is 59.2. The lowest BCUT2D eigenvalue weighted by Gasteiger charge is -2.46. The summed E-state index contributed by atoms with van der Waals surface area (Å²) in [6.07, 6.45) is -49.2. The molecule has 0 saturated heterocycles. The Morgan fingerprint density at radius 1 is 0.387 bits per heavy atom. The third kappa shape index (κ3) is 14.6. The van der Waals surface area contributed by atoms with E-state index in [1.807, 2.05) is 51.4 Å². The van der Waals surface area contributed by atoms with Crippen LogP contribution in [-0.2, 0) is 56.0 Å². The van der Waals surface area contributed by atoms with E-state index in [2.05, 4.69) is 21.7 Å². The zero-order valence-electron chi connectivity index (χ0n) is 37.7. The first-order valence-corrected chi connectivity index (χ1v) is 20.7. The van der Waals surface area contributed by atoms with Crippen LogP contribution in [-0.4, -0.2) is 16.7 Å². The number of ether oxygens (including phenoxy) is 1. The molecule has 0 radical (unpaired) electrons. The zero-order valence-corrected chi connectivity index (χ0v) is 37.7. The molecule has 0 amide bonds. The molecule has 406 valence electrons. The molecular formula is C47H31BF24N2O. The van der Waals surface area contributed by atoms with Gasteiger partial charge in [0.05, 0.1) is 50.7 Å². The topological polar surface area (TPSA) is 26.0 Å². The molecule has 75 heavy (non-hydrogen) atoms. The highest BCUT2D eigenvalue weighted by molar-refractivity contribution is 7.20. The van der Waals surface area contributed by atoms with Crippen LogP contribution in [0.1, 0.15) is 70.8 Å². The van der Waals surface area contributed by atoms with E-state index < -0.39 is 195 Å². The molecule has 1 heterocycles. The largest absolute Gasteiger partial charge is 0.468 e. The van der Waals surface area contributed by atoms with E-state index in [1.54, 1.807) is 6.20 Å². The number of alkyl halides is 24. The predicted octanol–water partition coefficient (Wildman–Crippen LogP) is 13.8. The molecule has 0 bridgehead atoms. The maximum absolute atomic E-state index is 14.2. The van der Waals surface area contributed by atoms with Crippen LogP contribution < -0.4 is 31.2 Å². The van der Waals surface area contributed by atoms with E-state index >= 15 is 0 Å². The SMILES string of the molecule is CC(C)(C)Oc1c[n+](Cc2ccccc2)ccn1.FC(F)(F)c1cc([B-](c2cc(C(F)(F)F)cc(C(F)(F)F)c2)(c2cc(C(F)(F)F)cc(C(F)(F)F)c2)c2cc(C(F)(F)F)cc(C(F)(F)F)c2)cc(C(F)(F)F)c1. The Morgan fingerprint density at radius 3 is 0.867 bits per heavy atom. The van der Waals surface area contributed by atoms with Gasteiger partial charge in [0.2, 0.25) is 6.20 Å². The highest BCUT2D eigenvalue weighted by Crippen LogP contribution is 2.41. The molecule has 5 aromatic carbocycles. The molecular weight excluding hydrogens is 1080 g/mol. The van der Waals surface area contributed by atoms with Gasteiger partial charge in [-0.05, 0) is 45.0 Å². The minimum Gasteiger partial charge on any atom is -0.468 e. The van der Waals surface area contributed by atoms with Gasteiger partial charge in [0.15, 0.2) is 12.7 Å². The lowest BCUT2D eigenvalue weighted by molar-refractivity contribution is -0.689. The minimum atomic E-state index is -6.13. The normalized spacial score (nSPS) is 13.6. The number of benzene rings is 5. The first-order chi connectivity index (χ1) is 33.8. The van der Waals surface area contributed by atoms with Gasteiger partial charge in [-0.2, -0.15) is 132 Å². The summed E-state index contributed by atoms with van der Waals surface area (Å²) in [6, 6.07) is 1.52. The van der Waals surface area contributed by atoms with Crippen LogP contribution >= 0.6 is 0 Å². The van der Waals surface area contributed by atoms with Crippen molar-refractivity contribution in [1.82, 2.24) is 4.98 Å². The summed E-state index contributed by atoms with van der Waals surface area (Å²) in [5.74, 6) is 0.654. The summed E-state index contributed by atoms with van der Waals surface area (Å²) in [4.78, 5) is 4.22. The summed E-state index contributed by atoms with van der Waals surface area (Å²) in [5, 5.41) is 0. The van der Waals surface area contributed by atoms with Crippen LogP contribution in [0.4, 0.5) is 105 Å². The van der Waals surface area contributed by atoms with Crippen LogP contribution in [0.15, 0.2) is 122 Å². The number of hydrogen-bond donors (Lipinski definition) is 0. The molecule has 0 atom stereocenters. The Kier molecular flexibility index (Phi) is 15.9. The first-order valence-electron chi connectivity index (χ1n) is 20.7. The summed E-state index contributed by atoms with van der Waals surface area (Å²) < 4.78 is 349. The Hall–Kier alpha value is -6.64. The van der Waals surface area contributed by atoms with E-state index in [0.29, 0.717) is 5.88 Å². The van der Waals surface area contributed by atoms with Crippen LogP contribution in [0.25, 0.3) is 0 Å². The average molecular weight is 1110 g/mol. The highest BCUT2D eigenvalue weighted by Gasteiger charge is 2.47. The Bertz CT molecular complexity index is 2540. The Labute approximate surface area is 407 Å². The molecule has 0 spiro atoms. The molecule has 28 heteroatoms. The van der Waals surface area contributed by atoms with Gasteiger partial charge >= 0.3 is 49.4 Å². The zero-order chi connectivity index (χ0) is 56.9. The molecule has 0 aliphatic heterocycles. The molecule has 0 unspecified atom stereocenters. The van der Waals surface area contributed by atoms with Crippen molar-refractivity contribution in [2.24, 2.45) is 0 Å². The molecule has 0 aliphatic rings. The maximum Gasteiger partial charge on any atom is 0.416 e. The molecule has 6 aromatic rings. The van der Waals surface area contributed by atoms with E-state index in [9.17, 15) is 105 Å². The third-order valence-corrected chi connectivity index (χ3v) is 10.8. The summed E-state index contributed by atoms with van der Waals surface area (Å²) in [6.45, 7) is 6.87. The third-order valence-electron chi connectivity index (χ3n) is 10.8. The van der Waals surface area contributed by atoms with Gasteiger partial charge in [-0.1, -0.05) is 78.9 Å². The van der Waals surface area contributed by atoms with Crippen molar-refractivity contribution in [2.45, 2.75) is 82.3 Å². The average Bonchev–Trinajstić information content (AvgIpc) is 3.24. The maximum atomic E-state index is 14.2. The monoisotopic (exact) mass is 1110 g/mol. The number of aromatic nitrogens is 2. The summed E-state index contributed by atoms with van der Waals surface area (Å²) >= 11 is 0. The second-order valence-electron chi connectivity index (χ2n) is 17.5. The number of hydrogen-bond acceptors (Lipinski definition) is 2. The smallest absolute Gasteiger partial charge is 0.416 e. The van der Waals surface area contributed by atoms with Crippen LogP contribution in [0.5, 0.6) is 5.88 Å². The molecule has 0 saturated carbocycles. The second-order valence-corrected chi connectivity index (χ2v) is 17.5. The van der Waals surface area contributed by atoms with Crippen molar-refractivity contribution in [2.75, 3.05) is 0 Å². The highest BCUT2D eigenvalue weighted by atomic mass is 19.4. The van der Waals surface area contributed by atoms with Gasteiger partial charge in [0, 0.05) is 5.56 Å². The van der Waals surface area contributed by atoms with Crippen molar-refractivity contribution in [3.63, 3.8) is 0 Å². The van der Waals surface area contributed by atoms with E-state index in [4.69, 9.17) is 4.74 Å². The van der Waals surface area contributed by atoms with Gasteiger partial charge < -0.3 is 4.74 Å².